The molecule has 2 aromatic rings. The van der Waals surface area contributed by atoms with Crippen LogP contribution in [0.3, 0.4) is 0 Å². The Bertz CT molecular complexity index is 617. The Kier molecular flexibility index (Phi) is 6.59. The monoisotopic (exact) mass is 314 g/mol. The Morgan fingerprint density at radius 3 is 2.57 bits per heavy atom. The summed E-state index contributed by atoms with van der Waals surface area (Å²) in [6, 6.07) is 16.7. The van der Waals surface area contributed by atoms with Crippen molar-refractivity contribution < 1.29 is 14.3 Å². The summed E-state index contributed by atoms with van der Waals surface area (Å²) in [5.41, 5.74) is 7.54. The van der Waals surface area contributed by atoms with Crippen LogP contribution in [0.4, 0.5) is 5.69 Å². The van der Waals surface area contributed by atoms with Crippen LogP contribution in [0.2, 0.25) is 0 Å². The fourth-order valence-electron chi connectivity index (χ4n) is 2.10. The normalized spacial score (nSPS) is 11.7. The smallest absolute Gasteiger partial charge is 0.243 e. The molecule has 5 heteroatoms. The number of amides is 1. The first-order valence-electron chi connectivity index (χ1n) is 7.52. The van der Waals surface area contributed by atoms with E-state index >= 15 is 0 Å². The molecule has 0 spiro atoms. The molecule has 0 radical (unpaired) electrons. The predicted molar refractivity (Wildman–Crippen MR) is 90.6 cm³/mol. The molecule has 1 amide bonds. The number of hydrogen-bond donors (Lipinski definition) is 2. The van der Waals surface area contributed by atoms with Gasteiger partial charge in [0.05, 0.1) is 18.9 Å². The van der Waals surface area contributed by atoms with E-state index < -0.39 is 6.04 Å². The highest BCUT2D eigenvalue weighted by Gasteiger charge is 2.15. The van der Waals surface area contributed by atoms with Crippen molar-refractivity contribution in [1.29, 1.82) is 0 Å². The standard InChI is InChI=1S/C18H22N2O3/c1-22-13-15(19)18(21)20-16-9-5-6-10-17(16)23-12-11-14-7-3-2-4-8-14/h2-10,15H,11-13,19H2,1H3,(H,20,21). The van der Waals surface area contributed by atoms with E-state index in [1.165, 1.54) is 12.7 Å². The minimum Gasteiger partial charge on any atom is -0.491 e. The molecular weight excluding hydrogens is 292 g/mol. The van der Waals surface area contributed by atoms with Crippen LogP contribution in [0, 0.1) is 0 Å². The largest absolute Gasteiger partial charge is 0.491 e. The quantitative estimate of drug-likeness (QED) is 0.783. The van der Waals surface area contributed by atoms with Gasteiger partial charge in [0.15, 0.2) is 0 Å². The van der Waals surface area contributed by atoms with Gasteiger partial charge in [0, 0.05) is 13.5 Å². The van der Waals surface area contributed by atoms with Gasteiger partial charge in [0.2, 0.25) is 5.91 Å². The molecule has 0 saturated heterocycles. The first-order chi connectivity index (χ1) is 11.2. The zero-order valence-corrected chi connectivity index (χ0v) is 13.2. The van der Waals surface area contributed by atoms with E-state index in [4.69, 9.17) is 15.2 Å². The van der Waals surface area contributed by atoms with E-state index in [2.05, 4.69) is 17.4 Å². The number of anilines is 1. The lowest BCUT2D eigenvalue weighted by Gasteiger charge is -2.15. The van der Waals surface area contributed by atoms with Crippen LogP contribution in [-0.4, -0.2) is 32.3 Å². The van der Waals surface area contributed by atoms with Crippen LogP contribution in [0.1, 0.15) is 5.56 Å². The second-order valence-electron chi connectivity index (χ2n) is 5.13. The number of ether oxygens (including phenoxy) is 2. The highest BCUT2D eigenvalue weighted by atomic mass is 16.5. The number of benzene rings is 2. The van der Waals surface area contributed by atoms with Gasteiger partial charge in [0.25, 0.3) is 0 Å². The molecule has 0 heterocycles. The van der Waals surface area contributed by atoms with Gasteiger partial charge in [0.1, 0.15) is 11.8 Å². The first kappa shape index (κ1) is 17.0. The van der Waals surface area contributed by atoms with Crippen molar-refractivity contribution in [2.45, 2.75) is 12.5 Å². The van der Waals surface area contributed by atoms with E-state index in [0.717, 1.165) is 6.42 Å². The molecule has 1 atom stereocenters. The van der Waals surface area contributed by atoms with Gasteiger partial charge in [-0.25, -0.2) is 0 Å². The van der Waals surface area contributed by atoms with Gasteiger partial charge >= 0.3 is 0 Å². The van der Waals surface area contributed by atoms with E-state index in [0.29, 0.717) is 18.0 Å². The van der Waals surface area contributed by atoms with Gasteiger partial charge in [-0.05, 0) is 17.7 Å². The van der Waals surface area contributed by atoms with Crippen LogP contribution in [0.25, 0.3) is 0 Å². The van der Waals surface area contributed by atoms with Gasteiger partial charge in [-0.2, -0.15) is 0 Å². The second kappa shape index (κ2) is 8.92. The average molecular weight is 314 g/mol. The summed E-state index contributed by atoms with van der Waals surface area (Å²) in [5.74, 6) is 0.326. The number of hydrogen-bond acceptors (Lipinski definition) is 4. The third-order valence-electron chi connectivity index (χ3n) is 3.32. The average Bonchev–Trinajstić information content (AvgIpc) is 2.57. The van der Waals surface area contributed by atoms with Crippen molar-refractivity contribution in [1.82, 2.24) is 0 Å². The highest BCUT2D eigenvalue weighted by Crippen LogP contribution is 2.24. The molecule has 5 nitrogen and oxygen atoms in total. The number of methoxy groups -OCH3 is 1. The van der Waals surface area contributed by atoms with E-state index in [-0.39, 0.29) is 12.5 Å². The van der Waals surface area contributed by atoms with E-state index in [9.17, 15) is 4.79 Å². The fourth-order valence-corrected chi connectivity index (χ4v) is 2.10. The maximum atomic E-state index is 12.0. The third kappa shape index (κ3) is 5.39. The highest BCUT2D eigenvalue weighted by molar-refractivity contribution is 5.96. The van der Waals surface area contributed by atoms with Gasteiger partial charge in [-0.1, -0.05) is 42.5 Å². The number of para-hydroxylation sites is 2. The molecule has 0 aliphatic heterocycles. The molecular formula is C18H22N2O3. The SMILES string of the molecule is COCC(N)C(=O)Nc1ccccc1OCCc1ccccc1. The summed E-state index contributed by atoms with van der Waals surface area (Å²) in [4.78, 5) is 12.0. The van der Waals surface area contributed by atoms with Gasteiger partial charge < -0.3 is 20.5 Å². The number of carbonyl (C=O) groups excluding carboxylic acids is 1. The lowest BCUT2D eigenvalue weighted by atomic mass is 10.2. The molecule has 0 aromatic heterocycles. The zero-order valence-electron chi connectivity index (χ0n) is 13.2. The molecule has 2 rings (SSSR count). The van der Waals surface area contributed by atoms with Gasteiger partial charge in [-0.3, -0.25) is 4.79 Å². The third-order valence-corrected chi connectivity index (χ3v) is 3.32. The summed E-state index contributed by atoms with van der Waals surface area (Å²) >= 11 is 0. The lowest BCUT2D eigenvalue weighted by molar-refractivity contribution is -0.118. The van der Waals surface area contributed by atoms with Crippen molar-refractivity contribution in [3.8, 4) is 5.75 Å². The number of nitrogens with one attached hydrogen (secondary N) is 1. The van der Waals surface area contributed by atoms with Crippen LogP contribution in [-0.2, 0) is 16.0 Å². The van der Waals surface area contributed by atoms with Crippen LogP contribution in [0.5, 0.6) is 5.75 Å². The summed E-state index contributed by atoms with van der Waals surface area (Å²) in [6.07, 6.45) is 0.798. The molecule has 0 fully saturated rings. The van der Waals surface area contributed by atoms with Crippen molar-refractivity contribution in [3.63, 3.8) is 0 Å². The maximum Gasteiger partial charge on any atom is 0.243 e. The number of rotatable bonds is 8. The number of carbonyl (C=O) groups is 1. The lowest BCUT2D eigenvalue weighted by Crippen LogP contribution is -2.39. The number of nitrogens with two attached hydrogens (primary N) is 1. The van der Waals surface area contributed by atoms with E-state index in [1.807, 2.05) is 36.4 Å². The Hall–Kier alpha value is -2.37. The van der Waals surface area contributed by atoms with Crippen molar-refractivity contribution >= 4 is 11.6 Å². The molecule has 0 bridgehead atoms. The molecule has 3 N–H and O–H groups in total. The van der Waals surface area contributed by atoms with Crippen LogP contribution >= 0.6 is 0 Å². The minimum absolute atomic E-state index is 0.170. The van der Waals surface area contributed by atoms with Crippen LogP contribution < -0.4 is 15.8 Å². The Balaban J connectivity index is 1.93. The molecule has 2 aromatic carbocycles. The van der Waals surface area contributed by atoms with E-state index in [1.54, 1.807) is 6.07 Å². The second-order valence-corrected chi connectivity index (χ2v) is 5.13. The zero-order chi connectivity index (χ0) is 16.5. The molecule has 0 aliphatic carbocycles. The Morgan fingerprint density at radius 2 is 1.83 bits per heavy atom. The van der Waals surface area contributed by atoms with Gasteiger partial charge in [-0.15, -0.1) is 0 Å². The summed E-state index contributed by atoms with van der Waals surface area (Å²) < 4.78 is 10.7. The first-order valence-corrected chi connectivity index (χ1v) is 7.52. The predicted octanol–water partition coefficient (Wildman–Crippen LogP) is 2.22. The molecule has 122 valence electrons. The molecule has 23 heavy (non-hydrogen) atoms. The molecule has 0 aliphatic rings. The molecule has 0 saturated carbocycles. The minimum atomic E-state index is -0.711. The summed E-state index contributed by atoms with van der Waals surface area (Å²) in [6.45, 7) is 0.698. The Labute approximate surface area is 136 Å². The molecule has 1 unspecified atom stereocenters. The van der Waals surface area contributed by atoms with Crippen molar-refractivity contribution in [2.75, 3.05) is 25.6 Å². The summed E-state index contributed by atoms with van der Waals surface area (Å²) in [5, 5.41) is 2.77. The van der Waals surface area contributed by atoms with Crippen molar-refractivity contribution in [3.05, 3.63) is 60.2 Å². The maximum absolute atomic E-state index is 12.0. The Morgan fingerprint density at radius 1 is 1.13 bits per heavy atom. The topological polar surface area (TPSA) is 73.6 Å². The van der Waals surface area contributed by atoms with Crippen molar-refractivity contribution in [2.24, 2.45) is 5.73 Å². The van der Waals surface area contributed by atoms with Crippen LogP contribution in [0.15, 0.2) is 54.6 Å². The summed E-state index contributed by atoms with van der Waals surface area (Å²) in [7, 11) is 1.51. The fraction of sp³-hybridized carbons (Fsp3) is 0.278.